The Morgan fingerprint density at radius 3 is 2.68 bits per heavy atom. The maximum absolute atomic E-state index is 12.1. The van der Waals surface area contributed by atoms with E-state index in [0.29, 0.717) is 23.3 Å². The Kier molecular flexibility index (Phi) is 6.91. The maximum atomic E-state index is 12.1. The van der Waals surface area contributed by atoms with Crippen LogP contribution in [0.15, 0.2) is 59.8 Å². The summed E-state index contributed by atoms with van der Waals surface area (Å²) >= 11 is 1.34. The van der Waals surface area contributed by atoms with Crippen LogP contribution in [0.4, 0.5) is 0 Å². The molecule has 0 aliphatic heterocycles. The molecule has 0 saturated heterocycles. The molecule has 1 N–H and O–H groups in total. The molecule has 28 heavy (non-hydrogen) atoms. The fourth-order valence-corrected chi connectivity index (χ4v) is 3.17. The van der Waals surface area contributed by atoms with Crippen molar-refractivity contribution < 1.29 is 14.3 Å². The minimum atomic E-state index is -0.0500. The van der Waals surface area contributed by atoms with Crippen molar-refractivity contribution in [2.45, 2.75) is 18.3 Å². The highest BCUT2D eigenvalue weighted by Crippen LogP contribution is 2.21. The average molecular weight is 398 g/mol. The summed E-state index contributed by atoms with van der Waals surface area (Å²) in [7, 11) is 3.47. The minimum Gasteiger partial charge on any atom is -0.497 e. The first-order valence-electron chi connectivity index (χ1n) is 8.74. The van der Waals surface area contributed by atoms with Crippen LogP contribution in [0.25, 0.3) is 0 Å². The lowest BCUT2D eigenvalue weighted by molar-refractivity contribution is -0.118. The van der Waals surface area contributed by atoms with E-state index in [1.54, 1.807) is 7.11 Å². The van der Waals surface area contributed by atoms with Crippen LogP contribution in [0.2, 0.25) is 0 Å². The molecule has 2 aromatic carbocycles. The van der Waals surface area contributed by atoms with Crippen molar-refractivity contribution >= 4 is 17.7 Å². The molecule has 0 fully saturated rings. The van der Waals surface area contributed by atoms with Crippen LogP contribution in [-0.2, 0) is 25.0 Å². The normalized spacial score (nSPS) is 10.5. The zero-order valence-corrected chi connectivity index (χ0v) is 16.6. The first kappa shape index (κ1) is 19.8. The zero-order chi connectivity index (χ0) is 19.8. The lowest BCUT2D eigenvalue weighted by atomic mass is 10.2. The summed E-state index contributed by atoms with van der Waals surface area (Å²) in [5.74, 6) is 2.32. The van der Waals surface area contributed by atoms with E-state index in [4.69, 9.17) is 9.47 Å². The molecule has 3 rings (SSSR count). The van der Waals surface area contributed by atoms with Gasteiger partial charge in [0.25, 0.3) is 0 Å². The van der Waals surface area contributed by atoms with Crippen LogP contribution >= 0.6 is 11.8 Å². The highest BCUT2D eigenvalue weighted by Gasteiger charge is 2.12. The molecule has 0 aliphatic rings. The van der Waals surface area contributed by atoms with Gasteiger partial charge in [0, 0.05) is 19.7 Å². The van der Waals surface area contributed by atoms with Gasteiger partial charge < -0.3 is 19.4 Å². The number of methoxy groups -OCH3 is 1. The van der Waals surface area contributed by atoms with E-state index in [-0.39, 0.29) is 18.3 Å². The van der Waals surface area contributed by atoms with Crippen LogP contribution in [0.3, 0.4) is 0 Å². The highest BCUT2D eigenvalue weighted by molar-refractivity contribution is 7.99. The number of hydrogen-bond acceptors (Lipinski definition) is 6. The molecular formula is C20H22N4O3S. The molecule has 1 aromatic heterocycles. The minimum absolute atomic E-state index is 0.0500. The molecule has 1 heterocycles. The average Bonchev–Trinajstić information content (AvgIpc) is 3.09. The molecule has 0 radical (unpaired) electrons. The van der Waals surface area contributed by atoms with Crippen molar-refractivity contribution in [3.8, 4) is 11.5 Å². The van der Waals surface area contributed by atoms with Crippen LogP contribution in [0.1, 0.15) is 11.4 Å². The predicted octanol–water partition coefficient (Wildman–Crippen LogP) is 2.81. The molecule has 3 aromatic rings. The van der Waals surface area contributed by atoms with Crippen molar-refractivity contribution in [1.82, 2.24) is 20.1 Å². The van der Waals surface area contributed by atoms with E-state index in [1.807, 2.05) is 66.2 Å². The van der Waals surface area contributed by atoms with Gasteiger partial charge in [0.05, 0.1) is 12.9 Å². The Bertz CT molecular complexity index is 915. The van der Waals surface area contributed by atoms with Gasteiger partial charge in [-0.05, 0) is 17.7 Å². The van der Waals surface area contributed by atoms with E-state index in [1.165, 1.54) is 11.8 Å². The molecule has 0 aliphatic carbocycles. The maximum Gasteiger partial charge on any atom is 0.230 e. The Morgan fingerprint density at radius 1 is 1.11 bits per heavy atom. The van der Waals surface area contributed by atoms with Crippen LogP contribution in [-0.4, -0.2) is 33.5 Å². The number of thioether (sulfide) groups is 1. The van der Waals surface area contributed by atoms with Crippen molar-refractivity contribution in [3.05, 3.63) is 66.0 Å². The van der Waals surface area contributed by atoms with Gasteiger partial charge in [-0.15, -0.1) is 10.2 Å². The number of nitrogens with zero attached hydrogens (tertiary/aromatic N) is 3. The van der Waals surface area contributed by atoms with Gasteiger partial charge in [0.1, 0.15) is 18.1 Å². The van der Waals surface area contributed by atoms with Gasteiger partial charge in [-0.3, -0.25) is 4.79 Å². The van der Waals surface area contributed by atoms with E-state index in [0.717, 1.165) is 11.3 Å². The van der Waals surface area contributed by atoms with E-state index < -0.39 is 0 Å². The Balaban J connectivity index is 1.48. The van der Waals surface area contributed by atoms with Crippen molar-refractivity contribution in [2.75, 3.05) is 12.9 Å². The Hall–Kier alpha value is -3.00. The topological polar surface area (TPSA) is 78.3 Å². The first-order chi connectivity index (χ1) is 13.7. The fourth-order valence-electron chi connectivity index (χ4n) is 2.41. The molecule has 0 spiro atoms. The van der Waals surface area contributed by atoms with Crippen molar-refractivity contribution in [3.63, 3.8) is 0 Å². The Labute approximate surface area is 168 Å². The number of carbonyl (C=O) groups excluding carboxylic acids is 1. The summed E-state index contributed by atoms with van der Waals surface area (Å²) in [4.78, 5) is 12.1. The molecule has 7 nitrogen and oxygen atoms in total. The number of carbonyl (C=O) groups is 1. The lowest BCUT2D eigenvalue weighted by Gasteiger charge is -2.08. The molecular weight excluding hydrogens is 376 g/mol. The molecule has 8 heteroatoms. The van der Waals surface area contributed by atoms with E-state index in [9.17, 15) is 4.79 Å². The molecule has 0 atom stereocenters. The van der Waals surface area contributed by atoms with Gasteiger partial charge in [-0.1, -0.05) is 48.2 Å². The van der Waals surface area contributed by atoms with Gasteiger partial charge in [-0.25, -0.2) is 0 Å². The van der Waals surface area contributed by atoms with Crippen molar-refractivity contribution in [2.24, 2.45) is 7.05 Å². The van der Waals surface area contributed by atoms with Crippen LogP contribution in [0, 0.1) is 0 Å². The molecule has 0 bridgehead atoms. The van der Waals surface area contributed by atoms with Crippen molar-refractivity contribution in [1.29, 1.82) is 0 Å². The van der Waals surface area contributed by atoms with Gasteiger partial charge >= 0.3 is 0 Å². The quantitative estimate of drug-likeness (QED) is 0.559. The fraction of sp³-hybridized carbons (Fsp3) is 0.250. The van der Waals surface area contributed by atoms with Crippen LogP contribution < -0.4 is 14.8 Å². The lowest BCUT2D eigenvalue weighted by Crippen LogP contribution is -2.24. The van der Waals surface area contributed by atoms with Gasteiger partial charge in [-0.2, -0.15) is 0 Å². The predicted molar refractivity (Wildman–Crippen MR) is 107 cm³/mol. The van der Waals surface area contributed by atoms with E-state index >= 15 is 0 Å². The SMILES string of the molecule is COc1cccc(OCc2nnc(SCC(=O)NCc3ccccc3)n2C)c1. The number of amides is 1. The number of nitrogens with one attached hydrogen (secondary N) is 1. The third kappa shape index (κ3) is 5.50. The van der Waals surface area contributed by atoms with Gasteiger partial charge in [0.2, 0.25) is 5.91 Å². The Morgan fingerprint density at radius 2 is 1.89 bits per heavy atom. The smallest absolute Gasteiger partial charge is 0.230 e. The molecule has 146 valence electrons. The second-order valence-corrected chi connectivity index (χ2v) is 6.92. The van der Waals surface area contributed by atoms with Crippen LogP contribution in [0.5, 0.6) is 11.5 Å². The molecule has 0 saturated carbocycles. The summed E-state index contributed by atoms with van der Waals surface area (Å²) in [5, 5.41) is 11.9. The molecule has 1 amide bonds. The highest BCUT2D eigenvalue weighted by atomic mass is 32.2. The largest absolute Gasteiger partial charge is 0.497 e. The molecule has 0 unspecified atom stereocenters. The summed E-state index contributed by atoms with van der Waals surface area (Å²) < 4.78 is 12.8. The third-order valence-corrected chi connectivity index (χ3v) is 5.02. The number of rotatable bonds is 9. The number of hydrogen-bond donors (Lipinski definition) is 1. The van der Waals surface area contributed by atoms with E-state index in [2.05, 4.69) is 15.5 Å². The summed E-state index contributed by atoms with van der Waals surface area (Å²) in [5.41, 5.74) is 1.07. The number of benzene rings is 2. The number of aromatic nitrogens is 3. The third-order valence-electron chi connectivity index (χ3n) is 4.00. The summed E-state index contributed by atoms with van der Waals surface area (Å²) in [6.07, 6.45) is 0. The standard InChI is InChI=1S/C20H22N4O3S/c1-24-18(13-27-17-10-6-9-16(11-17)26-2)22-23-20(24)28-14-19(25)21-12-15-7-4-3-5-8-15/h3-11H,12-14H2,1-2H3,(H,21,25). The second-order valence-electron chi connectivity index (χ2n) is 5.98. The summed E-state index contributed by atoms with van der Waals surface area (Å²) in [6.45, 7) is 0.788. The van der Waals surface area contributed by atoms with Gasteiger partial charge in [0.15, 0.2) is 11.0 Å². The number of ether oxygens (including phenoxy) is 2. The first-order valence-corrected chi connectivity index (χ1v) is 9.73. The second kappa shape index (κ2) is 9.80. The zero-order valence-electron chi connectivity index (χ0n) is 15.8. The summed E-state index contributed by atoms with van der Waals surface area (Å²) in [6, 6.07) is 17.2. The monoisotopic (exact) mass is 398 g/mol.